The molecule has 1 aromatic rings. The number of aliphatic imine (C=N–C) groups is 1. The van der Waals surface area contributed by atoms with Crippen molar-refractivity contribution in [1.29, 1.82) is 0 Å². The Kier molecular flexibility index (Phi) is 11.5. The second kappa shape index (κ2) is 14.3. The molecule has 11 nitrogen and oxygen atoms in total. The highest BCUT2D eigenvalue weighted by Crippen LogP contribution is 2.25. The van der Waals surface area contributed by atoms with E-state index in [4.69, 9.17) is 21.9 Å². The molecule has 2 amide bonds. The number of ketones is 2. The number of nitrogens with two attached hydrogens (primary N) is 3. The van der Waals surface area contributed by atoms with Gasteiger partial charge < -0.3 is 32.2 Å². The Bertz CT molecular complexity index is 965. The van der Waals surface area contributed by atoms with E-state index in [1.54, 1.807) is 6.92 Å². The van der Waals surface area contributed by atoms with E-state index in [0.717, 1.165) is 5.56 Å². The molecule has 1 aliphatic rings. The van der Waals surface area contributed by atoms with Crippen LogP contribution in [0.15, 0.2) is 35.3 Å². The molecule has 1 fully saturated rings. The minimum atomic E-state index is -1.37. The van der Waals surface area contributed by atoms with E-state index in [1.165, 1.54) is 4.90 Å². The van der Waals surface area contributed by atoms with Crippen LogP contribution >= 0.6 is 0 Å². The van der Waals surface area contributed by atoms with E-state index in [2.05, 4.69) is 10.3 Å². The van der Waals surface area contributed by atoms with E-state index >= 15 is 0 Å². The van der Waals surface area contributed by atoms with E-state index in [0.29, 0.717) is 45.2 Å². The first-order valence-corrected chi connectivity index (χ1v) is 12.8. The smallest absolute Gasteiger partial charge is 0.407 e. The predicted molar refractivity (Wildman–Crippen MR) is 141 cm³/mol. The quantitative estimate of drug-likeness (QED) is 0.122. The van der Waals surface area contributed by atoms with Gasteiger partial charge in [0.1, 0.15) is 6.04 Å². The summed E-state index contributed by atoms with van der Waals surface area (Å²) >= 11 is 0. The summed E-state index contributed by atoms with van der Waals surface area (Å²) in [6.07, 6.45) is 2.00. The maximum absolute atomic E-state index is 13.6. The zero-order chi connectivity index (χ0) is 27.4. The summed E-state index contributed by atoms with van der Waals surface area (Å²) in [6.45, 7) is 4.29. The van der Waals surface area contributed by atoms with Crippen LogP contribution in [-0.2, 0) is 25.5 Å². The van der Waals surface area contributed by atoms with E-state index in [-0.39, 0.29) is 25.4 Å². The van der Waals surface area contributed by atoms with Gasteiger partial charge in [0.25, 0.3) is 0 Å². The molecule has 1 heterocycles. The van der Waals surface area contributed by atoms with Crippen LogP contribution in [0, 0.1) is 0 Å². The number of nitrogens with zero attached hydrogens (tertiary/aromatic N) is 2. The van der Waals surface area contributed by atoms with Crippen molar-refractivity contribution in [2.45, 2.75) is 76.4 Å². The molecule has 0 unspecified atom stereocenters. The summed E-state index contributed by atoms with van der Waals surface area (Å²) in [5.74, 6) is -1.87. The van der Waals surface area contributed by atoms with Crippen molar-refractivity contribution in [2.24, 2.45) is 22.2 Å². The monoisotopic (exact) mass is 516 g/mol. The van der Waals surface area contributed by atoms with Crippen LogP contribution in [-0.4, -0.2) is 71.7 Å². The van der Waals surface area contributed by atoms with Gasteiger partial charge in [-0.2, -0.15) is 0 Å². The number of Topliss-reactive ketones (excluding diaryl/α,β-unsaturated/α-hetero) is 2. The maximum Gasteiger partial charge on any atom is 0.407 e. The second-order valence-electron chi connectivity index (χ2n) is 9.31. The summed E-state index contributed by atoms with van der Waals surface area (Å²) in [7, 11) is 0. The first-order chi connectivity index (χ1) is 17.6. The number of benzene rings is 1. The Morgan fingerprint density at radius 3 is 2.49 bits per heavy atom. The number of likely N-dealkylation sites (tertiary alicyclic amines) is 1. The third-order valence-electron chi connectivity index (χ3n) is 6.43. The van der Waals surface area contributed by atoms with Gasteiger partial charge in [0.2, 0.25) is 17.5 Å². The van der Waals surface area contributed by atoms with Gasteiger partial charge in [0.15, 0.2) is 5.96 Å². The lowest BCUT2D eigenvalue weighted by molar-refractivity contribution is -0.146. The summed E-state index contributed by atoms with van der Waals surface area (Å²) in [4.78, 5) is 57.9. The van der Waals surface area contributed by atoms with E-state index in [9.17, 15) is 19.2 Å². The fourth-order valence-corrected chi connectivity index (χ4v) is 4.67. The van der Waals surface area contributed by atoms with E-state index < -0.39 is 41.2 Å². The molecular formula is C26H40N6O5. The molecule has 11 heteroatoms. The molecule has 0 saturated carbocycles. The third kappa shape index (κ3) is 8.56. The second-order valence-corrected chi connectivity index (χ2v) is 9.31. The van der Waals surface area contributed by atoms with Crippen LogP contribution in [0.3, 0.4) is 0 Å². The molecule has 1 saturated heterocycles. The number of alkyl carbamates (subject to hydrolysis) is 1. The number of rotatable bonds is 14. The number of carbonyl (C=O) groups excluding carboxylic acids is 4. The van der Waals surface area contributed by atoms with Crippen LogP contribution < -0.4 is 22.5 Å². The number of ether oxygens (including phenoxy) is 1. The van der Waals surface area contributed by atoms with Crippen molar-refractivity contribution in [3.05, 3.63) is 35.9 Å². The van der Waals surface area contributed by atoms with Crippen LogP contribution in [0.1, 0.15) is 57.9 Å². The molecule has 0 bridgehead atoms. The number of hydrogen-bond acceptors (Lipinski definition) is 7. The molecule has 0 aromatic heterocycles. The normalized spacial score (nSPS) is 17.4. The minimum absolute atomic E-state index is 0.0536. The zero-order valence-electron chi connectivity index (χ0n) is 21.8. The molecule has 1 aliphatic heterocycles. The zero-order valence-corrected chi connectivity index (χ0v) is 21.8. The molecule has 204 valence electrons. The highest BCUT2D eigenvalue weighted by Gasteiger charge is 2.45. The number of nitrogens with one attached hydrogen (secondary N) is 1. The van der Waals surface area contributed by atoms with Gasteiger partial charge >= 0.3 is 6.09 Å². The average molecular weight is 517 g/mol. The standard InChI is InChI=1S/C26H40N6O5/c1-3-13-26(29,14-9-15-30-24(27)28)22(34)21(33)20-12-8-16-32(20)23(35)19(31-25(36)37-4-2)17-18-10-6-5-7-11-18/h5-7,10-11,19-20H,3-4,8-9,12-17,29H2,1-2H3,(H,31,36)(H4,27,28,30)/t19-,20+,26+/m1/s1. The number of amides is 2. The summed E-state index contributed by atoms with van der Waals surface area (Å²) < 4.78 is 4.99. The molecule has 2 rings (SSSR count). The Balaban J connectivity index is 2.21. The summed E-state index contributed by atoms with van der Waals surface area (Å²) in [5.41, 5.74) is 16.6. The summed E-state index contributed by atoms with van der Waals surface area (Å²) in [5, 5.41) is 2.62. The van der Waals surface area contributed by atoms with Gasteiger partial charge in [-0.25, -0.2) is 4.79 Å². The van der Waals surface area contributed by atoms with Gasteiger partial charge in [0, 0.05) is 19.5 Å². The molecule has 0 spiro atoms. The lowest BCUT2D eigenvalue weighted by atomic mass is 9.81. The highest BCUT2D eigenvalue weighted by molar-refractivity contribution is 6.42. The molecule has 37 heavy (non-hydrogen) atoms. The first kappa shape index (κ1) is 29.8. The van der Waals surface area contributed by atoms with Crippen molar-refractivity contribution in [2.75, 3.05) is 19.7 Å². The lowest BCUT2D eigenvalue weighted by Crippen LogP contribution is -2.58. The van der Waals surface area contributed by atoms with E-state index in [1.807, 2.05) is 37.3 Å². The molecular weight excluding hydrogens is 476 g/mol. The van der Waals surface area contributed by atoms with Crippen molar-refractivity contribution in [1.82, 2.24) is 10.2 Å². The van der Waals surface area contributed by atoms with Crippen LogP contribution in [0.5, 0.6) is 0 Å². The minimum Gasteiger partial charge on any atom is -0.450 e. The molecule has 3 atom stereocenters. The van der Waals surface area contributed by atoms with Crippen molar-refractivity contribution in [3.63, 3.8) is 0 Å². The van der Waals surface area contributed by atoms with Crippen molar-refractivity contribution < 1.29 is 23.9 Å². The number of carbonyl (C=O) groups is 4. The fourth-order valence-electron chi connectivity index (χ4n) is 4.67. The van der Waals surface area contributed by atoms with Crippen molar-refractivity contribution >= 4 is 29.5 Å². The van der Waals surface area contributed by atoms with Crippen molar-refractivity contribution in [3.8, 4) is 0 Å². The van der Waals surface area contributed by atoms with Gasteiger partial charge in [-0.05, 0) is 44.6 Å². The predicted octanol–water partition coefficient (Wildman–Crippen LogP) is 1.02. The van der Waals surface area contributed by atoms with Gasteiger partial charge in [-0.15, -0.1) is 0 Å². The Morgan fingerprint density at radius 1 is 1.16 bits per heavy atom. The first-order valence-electron chi connectivity index (χ1n) is 12.8. The van der Waals surface area contributed by atoms with Gasteiger partial charge in [-0.3, -0.25) is 19.4 Å². The largest absolute Gasteiger partial charge is 0.450 e. The number of guanidine groups is 1. The summed E-state index contributed by atoms with van der Waals surface area (Å²) in [6, 6.07) is 7.33. The topological polar surface area (TPSA) is 183 Å². The molecule has 0 aliphatic carbocycles. The molecule has 7 N–H and O–H groups in total. The fraction of sp³-hybridized carbons (Fsp3) is 0.577. The van der Waals surface area contributed by atoms with Crippen LogP contribution in [0.25, 0.3) is 0 Å². The van der Waals surface area contributed by atoms with Gasteiger partial charge in [0.05, 0.1) is 18.2 Å². The van der Waals surface area contributed by atoms with Crippen LogP contribution in [0.4, 0.5) is 4.79 Å². The Morgan fingerprint density at radius 2 is 1.86 bits per heavy atom. The number of hydrogen-bond donors (Lipinski definition) is 4. The highest BCUT2D eigenvalue weighted by atomic mass is 16.5. The Hall–Kier alpha value is -3.47. The lowest BCUT2D eigenvalue weighted by Gasteiger charge is -2.31. The molecule has 0 radical (unpaired) electrons. The molecule has 1 aromatic carbocycles. The third-order valence-corrected chi connectivity index (χ3v) is 6.43. The SMILES string of the molecule is CCC[C@](N)(CCCN=C(N)N)C(=O)C(=O)[C@@H]1CCCN1C(=O)[C@@H](Cc1ccccc1)NC(=O)OCC. The maximum atomic E-state index is 13.6. The Labute approximate surface area is 218 Å². The average Bonchev–Trinajstić information content (AvgIpc) is 3.36. The van der Waals surface area contributed by atoms with Gasteiger partial charge in [-0.1, -0.05) is 43.7 Å². The van der Waals surface area contributed by atoms with Crippen LogP contribution in [0.2, 0.25) is 0 Å².